The Morgan fingerprint density at radius 3 is 2.89 bits per heavy atom. The fourth-order valence-corrected chi connectivity index (χ4v) is 2.68. The Morgan fingerprint density at radius 2 is 2.06 bits per heavy atom. The highest BCUT2D eigenvalue weighted by Gasteiger charge is 2.33. The molecule has 1 heterocycles. The van der Waals surface area contributed by atoms with E-state index in [-0.39, 0.29) is 18.1 Å². The smallest absolute Gasteiger partial charge is 0.331 e. The largest absolute Gasteiger partial charge is 0.455 e. The zero-order valence-electron chi connectivity index (χ0n) is 10.3. The maximum Gasteiger partial charge on any atom is 0.331 e. The Hall–Kier alpha value is -1.64. The molecular formula is C15H17NO2. The van der Waals surface area contributed by atoms with E-state index in [0.717, 1.165) is 30.5 Å². The summed E-state index contributed by atoms with van der Waals surface area (Å²) in [6, 6.07) is 9.67. The van der Waals surface area contributed by atoms with Crippen LogP contribution in [0.1, 0.15) is 31.2 Å². The van der Waals surface area contributed by atoms with Crippen molar-refractivity contribution in [1.82, 2.24) is 0 Å². The number of carbonyl (C=O) groups excluding carboxylic acids is 1. The van der Waals surface area contributed by atoms with Crippen LogP contribution in [0, 0.1) is 0 Å². The molecule has 1 fully saturated rings. The van der Waals surface area contributed by atoms with Gasteiger partial charge in [0.2, 0.25) is 0 Å². The number of hydrogen-bond donors (Lipinski definition) is 0. The quantitative estimate of drug-likeness (QED) is 0.749. The fourth-order valence-electron chi connectivity index (χ4n) is 2.68. The third kappa shape index (κ3) is 2.30. The summed E-state index contributed by atoms with van der Waals surface area (Å²) < 4.78 is 5.51. The molecule has 0 aromatic heterocycles. The van der Waals surface area contributed by atoms with Crippen molar-refractivity contribution in [2.24, 2.45) is 4.99 Å². The number of carbonyl (C=O) groups is 1. The van der Waals surface area contributed by atoms with Crippen molar-refractivity contribution >= 4 is 11.7 Å². The Labute approximate surface area is 107 Å². The van der Waals surface area contributed by atoms with Gasteiger partial charge >= 0.3 is 5.97 Å². The van der Waals surface area contributed by atoms with E-state index in [0.29, 0.717) is 6.42 Å². The third-order valence-corrected chi connectivity index (χ3v) is 3.64. The molecule has 3 rings (SSSR count). The molecule has 1 aromatic carbocycles. The van der Waals surface area contributed by atoms with Crippen molar-refractivity contribution in [2.45, 2.75) is 44.2 Å². The lowest BCUT2D eigenvalue weighted by molar-refractivity contribution is -0.149. The van der Waals surface area contributed by atoms with Crippen LogP contribution >= 0.6 is 0 Å². The highest BCUT2D eigenvalue weighted by Crippen LogP contribution is 2.24. The summed E-state index contributed by atoms with van der Waals surface area (Å²) in [5, 5.41) is 0. The molecule has 2 aliphatic rings. The molecule has 1 aliphatic carbocycles. The maximum absolute atomic E-state index is 11.9. The molecule has 3 heteroatoms. The van der Waals surface area contributed by atoms with Crippen molar-refractivity contribution in [3.8, 4) is 0 Å². The summed E-state index contributed by atoms with van der Waals surface area (Å²) in [6.45, 7) is 0. The molecule has 1 aliphatic heterocycles. The van der Waals surface area contributed by atoms with Gasteiger partial charge in [0.1, 0.15) is 6.10 Å². The number of benzene rings is 1. The second-order valence-corrected chi connectivity index (χ2v) is 5.00. The van der Waals surface area contributed by atoms with E-state index >= 15 is 0 Å². The average Bonchev–Trinajstić information content (AvgIpc) is 2.41. The summed E-state index contributed by atoms with van der Waals surface area (Å²) in [4.78, 5) is 16.5. The summed E-state index contributed by atoms with van der Waals surface area (Å²) in [6.07, 6.45) is 4.87. The van der Waals surface area contributed by atoms with Gasteiger partial charge in [0.15, 0.2) is 6.04 Å². The first-order chi connectivity index (χ1) is 8.83. The first-order valence-electron chi connectivity index (χ1n) is 6.64. The van der Waals surface area contributed by atoms with Crippen molar-refractivity contribution in [1.29, 1.82) is 0 Å². The predicted octanol–water partition coefficient (Wildman–Crippen LogP) is 2.54. The van der Waals surface area contributed by atoms with Gasteiger partial charge in [-0.25, -0.2) is 4.79 Å². The third-order valence-electron chi connectivity index (χ3n) is 3.64. The van der Waals surface area contributed by atoms with Crippen LogP contribution in [0.3, 0.4) is 0 Å². The molecule has 0 saturated heterocycles. The van der Waals surface area contributed by atoms with Crippen LogP contribution in [-0.2, 0) is 16.0 Å². The van der Waals surface area contributed by atoms with E-state index in [9.17, 15) is 4.79 Å². The van der Waals surface area contributed by atoms with Gasteiger partial charge in [-0.15, -0.1) is 0 Å². The molecule has 18 heavy (non-hydrogen) atoms. The second kappa shape index (κ2) is 4.92. The Kier molecular flexibility index (Phi) is 3.13. The van der Waals surface area contributed by atoms with Crippen LogP contribution in [0.4, 0.5) is 0 Å². The summed E-state index contributed by atoms with van der Waals surface area (Å²) in [5.74, 6) is -0.158. The molecule has 0 spiro atoms. The molecule has 2 atom stereocenters. The molecule has 0 N–H and O–H groups in total. The van der Waals surface area contributed by atoms with Gasteiger partial charge in [0, 0.05) is 6.42 Å². The highest BCUT2D eigenvalue weighted by molar-refractivity contribution is 5.96. The molecule has 0 unspecified atom stereocenters. The van der Waals surface area contributed by atoms with Crippen LogP contribution in [-0.4, -0.2) is 23.8 Å². The maximum atomic E-state index is 11.9. The van der Waals surface area contributed by atoms with Crippen LogP contribution in [0.25, 0.3) is 0 Å². The van der Waals surface area contributed by atoms with E-state index in [4.69, 9.17) is 4.74 Å². The van der Waals surface area contributed by atoms with Crippen molar-refractivity contribution in [2.75, 3.05) is 0 Å². The molecule has 0 amide bonds. The summed E-state index contributed by atoms with van der Waals surface area (Å²) in [7, 11) is 0. The summed E-state index contributed by atoms with van der Waals surface area (Å²) >= 11 is 0. The average molecular weight is 243 g/mol. The second-order valence-electron chi connectivity index (χ2n) is 5.00. The molecular weight excluding hydrogens is 226 g/mol. The SMILES string of the molecule is O=C1O[C@@H]2CCCCC2=N[C@H]1Cc1ccccc1. The minimum absolute atomic E-state index is 0.0294. The lowest BCUT2D eigenvalue weighted by Crippen LogP contribution is -2.41. The number of nitrogens with zero attached hydrogens (tertiary/aromatic N) is 1. The van der Waals surface area contributed by atoms with Gasteiger partial charge in [-0.05, 0) is 31.2 Å². The molecule has 3 nitrogen and oxygen atoms in total. The zero-order valence-corrected chi connectivity index (χ0v) is 10.3. The Bertz CT molecular complexity index is 467. The number of rotatable bonds is 2. The monoisotopic (exact) mass is 243 g/mol. The van der Waals surface area contributed by atoms with E-state index in [1.54, 1.807) is 0 Å². The van der Waals surface area contributed by atoms with Crippen molar-refractivity contribution in [3.05, 3.63) is 35.9 Å². The molecule has 1 aromatic rings. The topological polar surface area (TPSA) is 38.7 Å². The molecule has 94 valence electrons. The van der Waals surface area contributed by atoms with Gasteiger partial charge in [-0.1, -0.05) is 30.3 Å². The van der Waals surface area contributed by atoms with Gasteiger partial charge in [0.05, 0.1) is 5.71 Å². The standard InChI is InChI=1S/C15H17NO2/c17-15-13(10-11-6-2-1-3-7-11)16-12-8-4-5-9-14(12)18-15/h1-3,6-7,13-14H,4-5,8-10H2/t13-,14+/m0/s1. The first-order valence-corrected chi connectivity index (χ1v) is 6.64. The predicted molar refractivity (Wildman–Crippen MR) is 69.7 cm³/mol. The van der Waals surface area contributed by atoms with E-state index < -0.39 is 0 Å². The van der Waals surface area contributed by atoms with Crippen LogP contribution in [0.15, 0.2) is 35.3 Å². The van der Waals surface area contributed by atoms with E-state index in [1.807, 2.05) is 30.3 Å². The van der Waals surface area contributed by atoms with Crippen molar-refractivity contribution in [3.63, 3.8) is 0 Å². The minimum Gasteiger partial charge on any atom is -0.455 e. The number of esters is 1. The van der Waals surface area contributed by atoms with Crippen LogP contribution in [0.2, 0.25) is 0 Å². The van der Waals surface area contributed by atoms with Crippen LogP contribution in [0.5, 0.6) is 0 Å². The lowest BCUT2D eigenvalue weighted by atomic mass is 9.93. The Balaban J connectivity index is 1.78. The first kappa shape index (κ1) is 11.5. The fraction of sp³-hybridized carbons (Fsp3) is 0.467. The molecule has 1 saturated carbocycles. The summed E-state index contributed by atoms with van der Waals surface area (Å²) in [5.41, 5.74) is 2.24. The van der Waals surface area contributed by atoms with Gasteiger partial charge in [-0.3, -0.25) is 4.99 Å². The lowest BCUT2D eigenvalue weighted by Gasteiger charge is -2.30. The normalized spacial score (nSPS) is 27.1. The van der Waals surface area contributed by atoms with Crippen LogP contribution < -0.4 is 0 Å². The Morgan fingerprint density at radius 1 is 1.22 bits per heavy atom. The van der Waals surface area contributed by atoms with E-state index in [2.05, 4.69) is 4.99 Å². The van der Waals surface area contributed by atoms with Gasteiger partial charge in [-0.2, -0.15) is 0 Å². The molecule has 0 radical (unpaired) electrons. The number of ether oxygens (including phenoxy) is 1. The highest BCUT2D eigenvalue weighted by atomic mass is 16.5. The zero-order chi connectivity index (χ0) is 12.4. The number of aliphatic imine (C=N–C) groups is 1. The van der Waals surface area contributed by atoms with E-state index in [1.165, 1.54) is 6.42 Å². The molecule has 0 bridgehead atoms. The number of fused-ring (bicyclic) bond motifs is 1. The number of hydrogen-bond acceptors (Lipinski definition) is 3. The minimum atomic E-state index is -0.336. The van der Waals surface area contributed by atoms with Gasteiger partial charge in [0.25, 0.3) is 0 Å². The van der Waals surface area contributed by atoms with Crippen molar-refractivity contribution < 1.29 is 9.53 Å². The van der Waals surface area contributed by atoms with Gasteiger partial charge < -0.3 is 4.74 Å².